The number of esters is 1. The van der Waals surface area contributed by atoms with Crippen molar-refractivity contribution in [3.63, 3.8) is 0 Å². The Morgan fingerprint density at radius 2 is 1.59 bits per heavy atom. The number of carbonyl (C=O) groups is 1. The topological polar surface area (TPSA) is 35.5 Å². The first-order valence-corrected chi connectivity index (χ1v) is 10.7. The molecule has 0 bridgehead atoms. The molecule has 0 fully saturated rings. The maximum absolute atomic E-state index is 13.0. The molecule has 3 nitrogen and oxygen atoms in total. The number of carbonyl (C=O) groups excluding carboxylic acids is 1. The zero-order chi connectivity index (χ0) is 23.1. The van der Waals surface area contributed by atoms with Crippen molar-refractivity contribution in [1.82, 2.24) is 0 Å². The summed E-state index contributed by atoms with van der Waals surface area (Å²) in [6.45, 7) is 2.36. The lowest BCUT2D eigenvalue weighted by Crippen LogP contribution is -2.12. The van der Waals surface area contributed by atoms with Gasteiger partial charge in [0.05, 0.1) is 19.3 Å². The second-order valence-corrected chi connectivity index (χ2v) is 7.79. The van der Waals surface area contributed by atoms with Crippen LogP contribution in [0, 0.1) is 0 Å². The number of alkyl halides is 3. The quantitative estimate of drug-likeness (QED) is 0.257. The van der Waals surface area contributed by atoms with Gasteiger partial charge >= 0.3 is 12.1 Å². The van der Waals surface area contributed by atoms with Gasteiger partial charge < -0.3 is 9.47 Å². The minimum absolute atomic E-state index is 0.0779. The molecule has 170 valence electrons. The number of unbranched alkanes of at least 4 members (excludes halogenated alkanes) is 1. The smallest absolute Gasteiger partial charge is 0.389 e. The Bertz CT molecular complexity index is 1040. The van der Waals surface area contributed by atoms with Crippen LogP contribution in [0.4, 0.5) is 13.2 Å². The summed E-state index contributed by atoms with van der Waals surface area (Å²) in [6.07, 6.45) is -3.50. The normalized spacial score (nSPS) is 12.5. The van der Waals surface area contributed by atoms with E-state index in [-0.39, 0.29) is 6.42 Å². The Balaban J connectivity index is 1.89. The van der Waals surface area contributed by atoms with E-state index in [4.69, 9.17) is 9.47 Å². The summed E-state index contributed by atoms with van der Waals surface area (Å²) in [4.78, 5) is 12.1. The van der Waals surface area contributed by atoms with Gasteiger partial charge in [-0.3, -0.25) is 0 Å². The lowest BCUT2D eigenvalue weighted by Gasteiger charge is -2.20. The average Bonchev–Trinajstić information content (AvgIpc) is 2.78. The number of halogens is 3. The monoisotopic (exact) mass is 444 g/mol. The molecular weight excluding hydrogens is 417 g/mol. The van der Waals surface area contributed by atoms with E-state index >= 15 is 0 Å². The molecule has 6 heteroatoms. The molecule has 0 saturated heterocycles. The third kappa shape index (κ3) is 6.25. The van der Waals surface area contributed by atoms with Gasteiger partial charge in [0, 0.05) is 12.3 Å². The molecule has 1 atom stereocenters. The molecule has 3 aromatic rings. The lowest BCUT2D eigenvalue weighted by atomic mass is 9.86. The zero-order valence-electron chi connectivity index (χ0n) is 18.2. The van der Waals surface area contributed by atoms with Crippen LogP contribution in [0.2, 0.25) is 0 Å². The van der Waals surface area contributed by atoms with E-state index in [2.05, 4.69) is 0 Å². The summed E-state index contributed by atoms with van der Waals surface area (Å²) < 4.78 is 49.5. The highest BCUT2D eigenvalue weighted by Crippen LogP contribution is 2.35. The van der Waals surface area contributed by atoms with Crippen LogP contribution in [0.25, 0.3) is 10.8 Å². The molecule has 32 heavy (non-hydrogen) atoms. The summed E-state index contributed by atoms with van der Waals surface area (Å²) >= 11 is 0. The predicted molar refractivity (Wildman–Crippen MR) is 119 cm³/mol. The van der Waals surface area contributed by atoms with Crippen LogP contribution in [0.1, 0.15) is 60.0 Å². The van der Waals surface area contributed by atoms with Crippen LogP contribution in [0.5, 0.6) is 5.75 Å². The Morgan fingerprint density at radius 1 is 0.938 bits per heavy atom. The third-order valence-corrected chi connectivity index (χ3v) is 5.47. The van der Waals surface area contributed by atoms with E-state index in [1.54, 1.807) is 31.4 Å². The second-order valence-electron chi connectivity index (χ2n) is 7.79. The van der Waals surface area contributed by atoms with Gasteiger partial charge in [-0.25, -0.2) is 4.79 Å². The first-order chi connectivity index (χ1) is 15.3. The molecule has 0 spiro atoms. The summed E-state index contributed by atoms with van der Waals surface area (Å²) in [5.74, 6) is -0.148. The number of hydrogen-bond acceptors (Lipinski definition) is 3. The summed E-state index contributed by atoms with van der Waals surface area (Å²) in [5, 5.41) is 1.88. The molecule has 0 amide bonds. The van der Waals surface area contributed by atoms with Gasteiger partial charge in [0.25, 0.3) is 0 Å². The molecule has 0 saturated carbocycles. The maximum Gasteiger partial charge on any atom is 0.389 e. The number of rotatable bonds is 9. The largest absolute Gasteiger partial charge is 0.497 e. The highest BCUT2D eigenvalue weighted by atomic mass is 19.4. The second kappa shape index (κ2) is 10.5. The first kappa shape index (κ1) is 23.6. The van der Waals surface area contributed by atoms with Crippen LogP contribution >= 0.6 is 0 Å². The Morgan fingerprint density at radius 3 is 2.25 bits per heavy atom. The van der Waals surface area contributed by atoms with Crippen molar-refractivity contribution >= 4 is 16.7 Å². The van der Waals surface area contributed by atoms with Crippen LogP contribution < -0.4 is 4.74 Å². The molecule has 3 aromatic carbocycles. The van der Waals surface area contributed by atoms with Gasteiger partial charge in [-0.05, 0) is 59.0 Å². The fourth-order valence-electron chi connectivity index (χ4n) is 3.66. The van der Waals surface area contributed by atoms with Crippen molar-refractivity contribution in [2.75, 3.05) is 13.7 Å². The van der Waals surface area contributed by atoms with E-state index in [0.717, 1.165) is 40.5 Å². The molecule has 0 aromatic heterocycles. The van der Waals surface area contributed by atoms with Crippen molar-refractivity contribution in [2.24, 2.45) is 0 Å². The Hall–Kier alpha value is -3.02. The molecule has 3 rings (SSSR count). The van der Waals surface area contributed by atoms with Crippen molar-refractivity contribution in [3.8, 4) is 5.75 Å². The molecule has 0 heterocycles. The van der Waals surface area contributed by atoms with Gasteiger partial charge in [-0.1, -0.05) is 49.7 Å². The van der Waals surface area contributed by atoms with Crippen LogP contribution in [-0.4, -0.2) is 25.9 Å². The molecule has 0 aliphatic heterocycles. The minimum atomic E-state index is -4.24. The van der Waals surface area contributed by atoms with E-state index < -0.39 is 24.5 Å². The standard InChI is InChI=1S/C26H27F3O3/c1-3-4-15-32-25(30)19-7-5-18(6-8-19)24(13-14-26(27,28)29)22-10-9-21-17-23(31-2)12-11-20(21)16-22/h5-12,16-17,24H,3-4,13-15H2,1-2H3. The third-order valence-electron chi connectivity index (χ3n) is 5.47. The fraction of sp³-hybridized carbons (Fsp3) is 0.346. The molecule has 0 radical (unpaired) electrons. The summed E-state index contributed by atoms with van der Waals surface area (Å²) in [7, 11) is 1.59. The van der Waals surface area contributed by atoms with Gasteiger partial charge in [-0.15, -0.1) is 0 Å². The van der Waals surface area contributed by atoms with E-state index in [1.165, 1.54) is 0 Å². The molecular formula is C26H27F3O3. The van der Waals surface area contributed by atoms with Crippen molar-refractivity contribution in [3.05, 3.63) is 77.4 Å². The van der Waals surface area contributed by atoms with Gasteiger partial charge in [0.1, 0.15) is 5.75 Å². The predicted octanol–water partition coefficient (Wildman–Crippen LogP) is 7.28. The van der Waals surface area contributed by atoms with E-state index in [1.807, 2.05) is 43.3 Å². The Kier molecular flexibility index (Phi) is 7.78. The summed E-state index contributed by atoms with van der Waals surface area (Å²) in [5.41, 5.74) is 1.92. The van der Waals surface area contributed by atoms with Crippen molar-refractivity contribution < 1.29 is 27.4 Å². The number of ether oxygens (including phenoxy) is 2. The average molecular weight is 444 g/mol. The number of benzene rings is 3. The van der Waals surface area contributed by atoms with E-state index in [0.29, 0.717) is 12.2 Å². The fourth-order valence-corrected chi connectivity index (χ4v) is 3.66. The lowest BCUT2D eigenvalue weighted by molar-refractivity contribution is -0.135. The SMILES string of the molecule is CCCCOC(=O)c1ccc(C(CCC(F)(F)F)c2ccc3cc(OC)ccc3c2)cc1. The Labute approximate surface area is 186 Å². The summed E-state index contributed by atoms with van der Waals surface area (Å²) in [6, 6.07) is 18.0. The first-order valence-electron chi connectivity index (χ1n) is 10.7. The molecule has 0 N–H and O–H groups in total. The van der Waals surface area contributed by atoms with E-state index in [9.17, 15) is 18.0 Å². The van der Waals surface area contributed by atoms with Gasteiger partial charge in [0.2, 0.25) is 0 Å². The van der Waals surface area contributed by atoms with Crippen LogP contribution in [-0.2, 0) is 4.74 Å². The van der Waals surface area contributed by atoms with Crippen molar-refractivity contribution in [1.29, 1.82) is 0 Å². The highest BCUT2D eigenvalue weighted by Gasteiger charge is 2.29. The number of methoxy groups -OCH3 is 1. The maximum atomic E-state index is 13.0. The molecule has 0 aliphatic rings. The highest BCUT2D eigenvalue weighted by molar-refractivity contribution is 5.89. The van der Waals surface area contributed by atoms with Gasteiger partial charge in [-0.2, -0.15) is 13.2 Å². The van der Waals surface area contributed by atoms with Crippen LogP contribution in [0.3, 0.4) is 0 Å². The minimum Gasteiger partial charge on any atom is -0.497 e. The molecule has 1 unspecified atom stereocenters. The zero-order valence-corrected chi connectivity index (χ0v) is 18.2. The molecule has 0 aliphatic carbocycles. The number of hydrogen-bond donors (Lipinski definition) is 0. The number of fused-ring (bicyclic) bond motifs is 1. The van der Waals surface area contributed by atoms with Crippen molar-refractivity contribution in [2.45, 2.75) is 44.7 Å². The van der Waals surface area contributed by atoms with Gasteiger partial charge in [0.15, 0.2) is 0 Å². The van der Waals surface area contributed by atoms with Crippen LogP contribution in [0.15, 0.2) is 60.7 Å².